The average molecular weight is 274 g/mol. The number of aromatic nitrogens is 1. The van der Waals surface area contributed by atoms with Gasteiger partial charge >= 0.3 is 0 Å². The highest BCUT2D eigenvalue weighted by molar-refractivity contribution is 5.43. The largest absolute Gasteiger partial charge is 0.380 e. The Morgan fingerprint density at radius 3 is 2.70 bits per heavy atom. The van der Waals surface area contributed by atoms with E-state index in [-0.39, 0.29) is 5.56 Å². The third-order valence-corrected chi connectivity index (χ3v) is 5.90. The third-order valence-electron chi connectivity index (χ3n) is 5.90. The predicted molar refractivity (Wildman–Crippen MR) is 83.0 cm³/mol. The molecule has 0 spiro atoms. The standard InChI is InChI=1S/C17H26N2O/c1-5-19-11-13(6-7-14(19)20)18-15-16(2,3)12-8-9-17(15,4)10-12/h6-7,11-12,15,18H,5,8-10H2,1-4H3/t12-,15?,17+/m0/s1. The van der Waals surface area contributed by atoms with Gasteiger partial charge in [-0.1, -0.05) is 20.8 Å². The molecule has 2 bridgehead atoms. The monoisotopic (exact) mass is 274 g/mol. The summed E-state index contributed by atoms with van der Waals surface area (Å²) in [5.41, 5.74) is 1.90. The minimum Gasteiger partial charge on any atom is -0.380 e. The Morgan fingerprint density at radius 2 is 2.10 bits per heavy atom. The summed E-state index contributed by atoms with van der Waals surface area (Å²) in [7, 11) is 0. The number of anilines is 1. The zero-order valence-electron chi connectivity index (χ0n) is 13.1. The van der Waals surface area contributed by atoms with Crippen LogP contribution in [0.1, 0.15) is 47.0 Å². The fourth-order valence-corrected chi connectivity index (χ4v) is 4.69. The Labute approximate surface area is 121 Å². The van der Waals surface area contributed by atoms with Gasteiger partial charge in [0.1, 0.15) is 0 Å². The van der Waals surface area contributed by atoms with Gasteiger partial charge in [0.25, 0.3) is 5.56 Å². The molecule has 1 heterocycles. The first-order valence-electron chi connectivity index (χ1n) is 7.84. The topological polar surface area (TPSA) is 34.0 Å². The molecule has 0 radical (unpaired) electrons. The van der Waals surface area contributed by atoms with E-state index in [4.69, 9.17) is 0 Å². The first-order chi connectivity index (χ1) is 9.37. The fraction of sp³-hybridized carbons (Fsp3) is 0.706. The molecule has 0 saturated heterocycles. The van der Waals surface area contributed by atoms with Crippen molar-refractivity contribution >= 4 is 5.69 Å². The minimum absolute atomic E-state index is 0.0801. The molecule has 1 aromatic rings. The fourth-order valence-electron chi connectivity index (χ4n) is 4.69. The SMILES string of the molecule is CCn1cc(NC2C(C)(C)[C@H]3CC[C@]2(C)C3)ccc1=O. The molecule has 3 rings (SSSR count). The molecule has 0 amide bonds. The Morgan fingerprint density at radius 1 is 1.35 bits per heavy atom. The van der Waals surface area contributed by atoms with Gasteiger partial charge in [-0.15, -0.1) is 0 Å². The summed E-state index contributed by atoms with van der Waals surface area (Å²) < 4.78 is 1.77. The lowest BCUT2D eigenvalue weighted by Gasteiger charge is -2.43. The number of hydrogen-bond donors (Lipinski definition) is 1. The first kappa shape index (κ1) is 13.7. The van der Waals surface area contributed by atoms with Crippen LogP contribution < -0.4 is 10.9 Å². The molecule has 3 heteroatoms. The second kappa shape index (κ2) is 4.37. The average Bonchev–Trinajstić information content (AvgIpc) is 2.87. The zero-order chi connectivity index (χ0) is 14.5. The lowest BCUT2D eigenvalue weighted by molar-refractivity contribution is 0.155. The second-order valence-electron chi connectivity index (χ2n) is 7.53. The highest BCUT2D eigenvalue weighted by Gasteiger charge is 2.59. The van der Waals surface area contributed by atoms with Gasteiger partial charge in [0, 0.05) is 24.8 Å². The van der Waals surface area contributed by atoms with Crippen molar-refractivity contribution in [3.63, 3.8) is 0 Å². The molecule has 1 N–H and O–H groups in total. The van der Waals surface area contributed by atoms with Gasteiger partial charge in [-0.3, -0.25) is 4.79 Å². The lowest BCUT2D eigenvalue weighted by Crippen LogP contribution is -2.45. The number of nitrogens with zero attached hydrogens (tertiary/aromatic N) is 1. The molecule has 1 unspecified atom stereocenters. The van der Waals surface area contributed by atoms with Crippen molar-refractivity contribution in [2.75, 3.05) is 5.32 Å². The number of nitrogens with one attached hydrogen (secondary N) is 1. The van der Waals surface area contributed by atoms with Crippen molar-refractivity contribution in [1.29, 1.82) is 0 Å². The van der Waals surface area contributed by atoms with Gasteiger partial charge in [0.2, 0.25) is 0 Å². The van der Waals surface area contributed by atoms with E-state index < -0.39 is 0 Å². The van der Waals surface area contributed by atoms with Crippen LogP contribution in [0.2, 0.25) is 0 Å². The van der Waals surface area contributed by atoms with E-state index in [0.717, 1.165) is 18.2 Å². The Bertz CT molecular complexity index is 570. The molecule has 1 aromatic heterocycles. The molecule has 110 valence electrons. The maximum Gasteiger partial charge on any atom is 0.250 e. The van der Waals surface area contributed by atoms with Crippen LogP contribution in [0.3, 0.4) is 0 Å². The van der Waals surface area contributed by atoms with Gasteiger partial charge in [-0.2, -0.15) is 0 Å². The maximum atomic E-state index is 11.7. The highest BCUT2D eigenvalue weighted by atomic mass is 16.1. The van der Waals surface area contributed by atoms with Crippen molar-refractivity contribution in [1.82, 2.24) is 4.57 Å². The molecule has 2 saturated carbocycles. The first-order valence-corrected chi connectivity index (χ1v) is 7.84. The highest BCUT2D eigenvalue weighted by Crippen LogP contribution is 2.63. The van der Waals surface area contributed by atoms with Crippen LogP contribution in [0.5, 0.6) is 0 Å². The summed E-state index contributed by atoms with van der Waals surface area (Å²) in [5.74, 6) is 0.835. The molecule has 2 fully saturated rings. The van der Waals surface area contributed by atoms with Crippen LogP contribution in [-0.2, 0) is 6.54 Å². The zero-order valence-corrected chi connectivity index (χ0v) is 13.1. The van der Waals surface area contributed by atoms with E-state index >= 15 is 0 Å². The summed E-state index contributed by atoms with van der Waals surface area (Å²) in [6.07, 6.45) is 6.00. The van der Waals surface area contributed by atoms with E-state index in [1.165, 1.54) is 19.3 Å². The quantitative estimate of drug-likeness (QED) is 0.915. The van der Waals surface area contributed by atoms with Gasteiger partial charge in [0.15, 0.2) is 0 Å². The third kappa shape index (κ3) is 1.90. The van der Waals surface area contributed by atoms with Crippen LogP contribution in [0, 0.1) is 16.7 Å². The van der Waals surface area contributed by atoms with Crippen LogP contribution in [0.25, 0.3) is 0 Å². The summed E-state index contributed by atoms with van der Waals surface area (Å²) >= 11 is 0. The van der Waals surface area contributed by atoms with Crippen LogP contribution in [-0.4, -0.2) is 10.6 Å². The van der Waals surface area contributed by atoms with E-state index in [0.29, 0.717) is 16.9 Å². The smallest absolute Gasteiger partial charge is 0.250 e. The Kier molecular flexibility index (Phi) is 3.00. The van der Waals surface area contributed by atoms with E-state index in [9.17, 15) is 4.79 Å². The van der Waals surface area contributed by atoms with Gasteiger partial charge < -0.3 is 9.88 Å². The molecule has 2 aliphatic rings. The predicted octanol–water partition coefficient (Wildman–Crippen LogP) is 3.49. The number of aryl methyl sites for hydroxylation is 1. The minimum atomic E-state index is 0.0801. The molecule has 3 nitrogen and oxygen atoms in total. The van der Waals surface area contributed by atoms with E-state index in [2.05, 4.69) is 26.1 Å². The summed E-state index contributed by atoms with van der Waals surface area (Å²) in [6.45, 7) is 9.96. The maximum absolute atomic E-state index is 11.7. The van der Waals surface area contributed by atoms with Crippen molar-refractivity contribution in [2.45, 2.75) is 59.5 Å². The lowest BCUT2D eigenvalue weighted by atomic mass is 9.68. The molecule has 0 aromatic carbocycles. The number of fused-ring (bicyclic) bond motifs is 2. The molecule has 2 aliphatic carbocycles. The molecular weight excluding hydrogens is 248 g/mol. The Hall–Kier alpha value is -1.25. The van der Waals surface area contributed by atoms with Crippen LogP contribution in [0.15, 0.2) is 23.1 Å². The second-order valence-corrected chi connectivity index (χ2v) is 7.53. The number of rotatable bonds is 3. The molecule has 3 atom stereocenters. The summed E-state index contributed by atoms with van der Waals surface area (Å²) in [4.78, 5) is 11.7. The van der Waals surface area contributed by atoms with Crippen molar-refractivity contribution in [2.24, 2.45) is 16.7 Å². The van der Waals surface area contributed by atoms with Gasteiger partial charge in [-0.25, -0.2) is 0 Å². The van der Waals surface area contributed by atoms with Gasteiger partial charge in [0.05, 0.1) is 5.69 Å². The van der Waals surface area contributed by atoms with Gasteiger partial charge in [-0.05, 0) is 49.0 Å². The summed E-state index contributed by atoms with van der Waals surface area (Å²) in [5, 5.41) is 3.75. The van der Waals surface area contributed by atoms with Crippen molar-refractivity contribution in [3.8, 4) is 0 Å². The number of pyridine rings is 1. The molecule has 0 aliphatic heterocycles. The van der Waals surface area contributed by atoms with Crippen molar-refractivity contribution in [3.05, 3.63) is 28.7 Å². The van der Waals surface area contributed by atoms with Crippen LogP contribution in [0.4, 0.5) is 5.69 Å². The molecule has 20 heavy (non-hydrogen) atoms. The van der Waals surface area contributed by atoms with E-state index in [1.54, 1.807) is 10.6 Å². The normalized spacial score (nSPS) is 34.4. The number of hydrogen-bond acceptors (Lipinski definition) is 2. The van der Waals surface area contributed by atoms with Crippen LogP contribution >= 0.6 is 0 Å². The van der Waals surface area contributed by atoms with Crippen molar-refractivity contribution < 1.29 is 0 Å². The van der Waals surface area contributed by atoms with E-state index in [1.807, 2.05) is 19.2 Å². The Balaban J connectivity index is 1.89. The molecular formula is C17H26N2O. The summed E-state index contributed by atoms with van der Waals surface area (Å²) in [6, 6.07) is 4.10.